The molecule has 0 N–H and O–H groups in total. The first-order valence-electron chi connectivity index (χ1n) is 8.25. The van der Waals surface area contributed by atoms with Crippen molar-refractivity contribution in [1.29, 1.82) is 0 Å². The second kappa shape index (κ2) is 6.93. The van der Waals surface area contributed by atoms with Crippen LogP contribution >= 0.6 is 0 Å². The normalized spacial score (nSPS) is 19.1. The number of allylic oxidation sites excluding steroid dienone is 7. The van der Waals surface area contributed by atoms with Gasteiger partial charge in [-0.25, -0.2) is 0 Å². The van der Waals surface area contributed by atoms with Crippen LogP contribution in [0.15, 0.2) is 65.8 Å². The summed E-state index contributed by atoms with van der Waals surface area (Å²) in [5, 5.41) is 0. The second-order valence-corrected chi connectivity index (χ2v) is 6.34. The molecule has 0 aliphatic heterocycles. The Morgan fingerprint density at radius 2 is 2.00 bits per heavy atom. The van der Waals surface area contributed by atoms with E-state index in [1.54, 1.807) is 0 Å². The molecule has 1 aromatic rings. The minimum atomic E-state index is 1.03. The van der Waals surface area contributed by atoms with E-state index in [-0.39, 0.29) is 0 Å². The summed E-state index contributed by atoms with van der Waals surface area (Å²) in [6, 6.07) is 8.92. The van der Waals surface area contributed by atoms with Crippen LogP contribution in [0.1, 0.15) is 30.4 Å². The maximum Gasteiger partial charge on any atom is 0.00101 e. The number of aryl methyl sites for hydroxylation is 1. The highest BCUT2D eigenvalue weighted by molar-refractivity contribution is 5.86. The van der Waals surface area contributed by atoms with Crippen molar-refractivity contribution >= 4 is 5.57 Å². The largest absolute Gasteiger partial charge is 0.309 e. The van der Waals surface area contributed by atoms with Crippen LogP contribution in [0.2, 0.25) is 0 Å². The average Bonchev–Trinajstić information content (AvgIpc) is 2.81. The Morgan fingerprint density at radius 3 is 2.86 bits per heavy atom. The highest BCUT2D eigenvalue weighted by atomic mass is 15.0. The molecule has 0 unspecified atom stereocenters. The van der Waals surface area contributed by atoms with Gasteiger partial charge in [0.1, 0.15) is 0 Å². The van der Waals surface area contributed by atoms with E-state index in [2.05, 4.69) is 73.6 Å². The van der Waals surface area contributed by atoms with Gasteiger partial charge in [0.2, 0.25) is 0 Å². The van der Waals surface area contributed by atoms with Gasteiger partial charge in [-0.3, -0.25) is 0 Å². The molecule has 0 fully saturated rings. The Labute approximate surface area is 134 Å². The molecule has 1 nitrogen and oxygen atoms in total. The van der Waals surface area contributed by atoms with E-state index in [1.807, 2.05) is 0 Å². The standard InChI is InChI=1S/C21H25N/c1-22(2)16-8-13-21-19-11-5-3-4-9-17(19)14-15-18-10-6-7-12-20(18)21/h3-4,6-7,9-13H,5,8,14-16H2,1-2H3/b21-13-. The molecular formula is C21H25N. The number of nitrogens with zero attached hydrogens (tertiary/aromatic N) is 1. The molecule has 0 amide bonds. The van der Waals surface area contributed by atoms with Gasteiger partial charge < -0.3 is 4.90 Å². The van der Waals surface area contributed by atoms with E-state index in [4.69, 9.17) is 0 Å². The van der Waals surface area contributed by atoms with Crippen LogP contribution in [0.3, 0.4) is 0 Å². The monoisotopic (exact) mass is 291 g/mol. The Balaban J connectivity index is 2.04. The SMILES string of the molecule is CN(C)CC/C=C1/C2=CCC=CC=C2CCc2ccccc21. The lowest BCUT2D eigenvalue weighted by Crippen LogP contribution is -2.12. The van der Waals surface area contributed by atoms with Gasteiger partial charge in [0.25, 0.3) is 0 Å². The number of hydrogen-bond donors (Lipinski definition) is 0. The lowest BCUT2D eigenvalue weighted by atomic mass is 9.91. The van der Waals surface area contributed by atoms with Gasteiger partial charge in [0, 0.05) is 6.54 Å². The number of benzene rings is 1. The van der Waals surface area contributed by atoms with Gasteiger partial charge in [0.05, 0.1) is 0 Å². The molecule has 0 bridgehead atoms. The molecule has 0 aromatic heterocycles. The van der Waals surface area contributed by atoms with Crippen LogP contribution in [0.25, 0.3) is 5.57 Å². The third-order valence-electron chi connectivity index (χ3n) is 4.42. The lowest BCUT2D eigenvalue weighted by Gasteiger charge is -2.14. The molecule has 2 aliphatic rings. The summed E-state index contributed by atoms with van der Waals surface area (Å²) in [5.74, 6) is 0. The van der Waals surface area contributed by atoms with E-state index < -0.39 is 0 Å². The van der Waals surface area contributed by atoms with Crippen LogP contribution in [0, 0.1) is 0 Å². The van der Waals surface area contributed by atoms with Crippen molar-refractivity contribution in [3.8, 4) is 0 Å². The molecule has 2 aliphatic carbocycles. The van der Waals surface area contributed by atoms with Gasteiger partial charge in [0.15, 0.2) is 0 Å². The third-order valence-corrected chi connectivity index (χ3v) is 4.42. The zero-order valence-electron chi connectivity index (χ0n) is 13.7. The van der Waals surface area contributed by atoms with Crippen LogP contribution in [-0.4, -0.2) is 25.5 Å². The van der Waals surface area contributed by atoms with E-state index >= 15 is 0 Å². The van der Waals surface area contributed by atoms with E-state index in [0.29, 0.717) is 0 Å². The maximum absolute atomic E-state index is 2.44. The minimum Gasteiger partial charge on any atom is -0.309 e. The highest BCUT2D eigenvalue weighted by Crippen LogP contribution is 2.38. The summed E-state index contributed by atoms with van der Waals surface area (Å²) in [5.41, 5.74) is 7.29. The van der Waals surface area contributed by atoms with Gasteiger partial charge in [-0.05, 0) is 67.6 Å². The van der Waals surface area contributed by atoms with Crippen molar-refractivity contribution in [2.45, 2.75) is 25.7 Å². The van der Waals surface area contributed by atoms with Crippen molar-refractivity contribution in [3.05, 3.63) is 76.9 Å². The van der Waals surface area contributed by atoms with E-state index in [1.165, 1.54) is 27.8 Å². The molecular weight excluding hydrogens is 266 g/mol. The molecule has 114 valence electrons. The van der Waals surface area contributed by atoms with Gasteiger partial charge in [-0.2, -0.15) is 0 Å². The predicted octanol–water partition coefficient (Wildman–Crippen LogP) is 4.78. The first-order chi connectivity index (χ1) is 10.8. The molecule has 0 atom stereocenters. The van der Waals surface area contributed by atoms with Crippen molar-refractivity contribution < 1.29 is 0 Å². The molecule has 1 heteroatoms. The second-order valence-electron chi connectivity index (χ2n) is 6.34. The highest BCUT2D eigenvalue weighted by Gasteiger charge is 2.19. The predicted molar refractivity (Wildman–Crippen MR) is 95.8 cm³/mol. The lowest BCUT2D eigenvalue weighted by molar-refractivity contribution is 0.417. The van der Waals surface area contributed by atoms with Gasteiger partial charge in [-0.1, -0.05) is 54.6 Å². The third kappa shape index (κ3) is 3.31. The summed E-state index contributed by atoms with van der Waals surface area (Å²) in [6.07, 6.45) is 16.0. The Morgan fingerprint density at radius 1 is 1.14 bits per heavy atom. The molecule has 0 spiro atoms. The van der Waals surface area contributed by atoms with Crippen molar-refractivity contribution in [1.82, 2.24) is 4.90 Å². The summed E-state index contributed by atoms with van der Waals surface area (Å²) in [6.45, 7) is 1.09. The smallest absolute Gasteiger partial charge is 0.00101 e. The number of fused-ring (bicyclic) bond motifs is 2. The molecule has 1 aromatic carbocycles. The zero-order valence-corrected chi connectivity index (χ0v) is 13.7. The fraction of sp³-hybridized carbons (Fsp3) is 0.333. The molecule has 0 saturated heterocycles. The van der Waals surface area contributed by atoms with Crippen molar-refractivity contribution in [2.24, 2.45) is 0 Å². The first kappa shape index (κ1) is 15.1. The first-order valence-corrected chi connectivity index (χ1v) is 8.25. The fourth-order valence-electron chi connectivity index (χ4n) is 3.27. The minimum absolute atomic E-state index is 1.03. The summed E-state index contributed by atoms with van der Waals surface area (Å²) in [4.78, 5) is 2.25. The zero-order chi connectivity index (χ0) is 15.4. The summed E-state index contributed by atoms with van der Waals surface area (Å²) < 4.78 is 0. The van der Waals surface area contributed by atoms with Crippen molar-refractivity contribution in [2.75, 3.05) is 20.6 Å². The molecule has 22 heavy (non-hydrogen) atoms. The van der Waals surface area contributed by atoms with Crippen LogP contribution in [0.4, 0.5) is 0 Å². The average molecular weight is 291 g/mol. The van der Waals surface area contributed by atoms with Gasteiger partial charge >= 0.3 is 0 Å². The topological polar surface area (TPSA) is 3.24 Å². The molecule has 3 rings (SSSR count). The van der Waals surface area contributed by atoms with Gasteiger partial charge in [-0.15, -0.1) is 0 Å². The van der Waals surface area contributed by atoms with Crippen LogP contribution in [-0.2, 0) is 6.42 Å². The van der Waals surface area contributed by atoms with E-state index in [0.717, 1.165) is 32.2 Å². The maximum atomic E-state index is 2.44. The number of hydrogen-bond acceptors (Lipinski definition) is 1. The van der Waals surface area contributed by atoms with Crippen LogP contribution < -0.4 is 0 Å². The Hall–Kier alpha value is -1.86. The Bertz CT molecular complexity index is 656. The van der Waals surface area contributed by atoms with Crippen molar-refractivity contribution in [3.63, 3.8) is 0 Å². The molecule has 0 heterocycles. The molecule has 0 radical (unpaired) electrons. The van der Waals surface area contributed by atoms with Crippen LogP contribution in [0.5, 0.6) is 0 Å². The fourth-order valence-corrected chi connectivity index (χ4v) is 3.27. The van der Waals surface area contributed by atoms with E-state index in [9.17, 15) is 0 Å². The summed E-state index contributed by atoms with van der Waals surface area (Å²) >= 11 is 0. The number of rotatable bonds is 3. The summed E-state index contributed by atoms with van der Waals surface area (Å²) in [7, 11) is 4.28. The quantitative estimate of drug-likeness (QED) is 0.774. The molecule has 0 saturated carbocycles. The Kier molecular flexibility index (Phi) is 4.74.